The molecular formula is C18H9F3N2. The molecule has 0 aliphatic heterocycles. The Morgan fingerprint density at radius 2 is 1.52 bits per heavy atom. The van der Waals surface area contributed by atoms with Crippen molar-refractivity contribution in [1.29, 1.82) is 5.26 Å². The van der Waals surface area contributed by atoms with Crippen molar-refractivity contribution in [2.24, 2.45) is 0 Å². The van der Waals surface area contributed by atoms with Crippen LogP contribution in [0.5, 0.6) is 0 Å². The number of rotatable bonds is 2. The summed E-state index contributed by atoms with van der Waals surface area (Å²) in [5.41, 5.74) is 0.0818. The molecule has 0 fully saturated rings. The molecule has 5 heteroatoms. The molecule has 1 aromatic heterocycles. The molecule has 0 spiro atoms. The lowest BCUT2D eigenvalue weighted by atomic mass is 9.95. The molecule has 0 aliphatic rings. The van der Waals surface area contributed by atoms with Crippen LogP contribution < -0.4 is 0 Å². The molecule has 0 unspecified atom stereocenters. The first kappa shape index (κ1) is 14.8. The standard InChI is InChI=1S/C18H9F3N2/c19-15-2-1-3-16(20)17(15)14-9-12(8-13(10-22)18(14)21)11-4-6-23-7-5-11/h1-9H. The average Bonchev–Trinajstić information content (AvgIpc) is 2.57. The van der Waals surface area contributed by atoms with Crippen LogP contribution in [0.4, 0.5) is 13.2 Å². The van der Waals surface area contributed by atoms with Crippen LogP contribution in [0, 0.1) is 28.8 Å². The van der Waals surface area contributed by atoms with Crippen molar-refractivity contribution >= 4 is 0 Å². The Kier molecular flexibility index (Phi) is 3.82. The van der Waals surface area contributed by atoms with Gasteiger partial charge in [0.1, 0.15) is 23.5 Å². The highest BCUT2D eigenvalue weighted by Gasteiger charge is 2.19. The van der Waals surface area contributed by atoms with Gasteiger partial charge in [-0.1, -0.05) is 6.07 Å². The van der Waals surface area contributed by atoms with Crippen LogP contribution in [0.2, 0.25) is 0 Å². The fourth-order valence-corrected chi connectivity index (χ4v) is 2.35. The van der Waals surface area contributed by atoms with Gasteiger partial charge >= 0.3 is 0 Å². The van der Waals surface area contributed by atoms with Gasteiger partial charge in [0, 0.05) is 18.0 Å². The monoisotopic (exact) mass is 310 g/mol. The van der Waals surface area contributed by atoms with Crippen LogP contribution in [0.1, 0.15) is 5.56 Å². The van der Waals surface area contributed by atoms with E-state index in [1.54, 1.807) is 18.2 Å². The van der Waals surface area contributed by atoms with E-state index in [1.165, 1.54) is 30.6 Å². The van der Waals surface area contributed by atoms with Crippen LogP contribution in [-0.2, 0) is 0 Å². The van der Waals surface area contributed by atoms with Crippen LogP contribution in [-0.4, -0.2) is 4.98 Å². The number of pyridine rings is 1. The van der Waals surface area contributed by atoms with E-state index in [4.69, 9.17) is 5.26 Å². The number of aromatic nitrogens is 1. The van der Waals surface area contributed by atoms with Gasteiger partial charge in [0.15, 0.2) is 0 Å². The summed E-state index contributed by atoms with van der Waals surface area (Å²) in [6.45, 7) is 0. The van der Waals surface area contributed by atoms with Crippen LogP contribution in [0.15, 0.2) is 54.9 Å². The van der Waals surface area contributed by atoms with Crippen molar-refractivity contribution in [2.75, 3.05) is 0 Å². The van der Waals surface area contributed by atoms with Crippen molar-refractivity contribution < 1.29 is 13.2 Å². The first-order chi connectivity index (χ1) is 11.1. The van der Waals surface area contributed by atoms with Gasteiger partial charge in [-0.05, 0) is 47.5 Å². The van der Waals surface area contributed by atoms with Gasteiger partial charge in [-0.15, -0.1) is 0 Å². The number of benzene rings is 2. The van der Waals surface area contributed by atoms with E-state index < -0.39 is 23.0 Å². The summed E-state index contributed by atoms with van der Waals surface area (Å²) in [6, 6.07) is 11.0. The molecule has 3 rings (SSSR count). The fourth-order valence-electron chi connectivity index (χ4n) is 2.35. The summed E-state index contributed by atoms with van der Waals surface area (Å²) in [6.07, 6.45) is 3.07. The molecule has 2 aromatic carbocycles. The minimum Gasteiger partial charge on any atom is -0.265 e. The zero-order valence-corrected chi connectivity index (χ0v) is 11.7. The molecule has 23 heavy (non-hydrogen) atoms. The lowest BCUT2D eigenvalue weighted by Gasteiger charge is -2.11. The molecule has 112 valence electrons. The molecule has 0 saturated carbocycles. The van der Waals surface area contributed by atoms with Crippen molar-refractivity contribution in [3.63, 3.8) is 0 Å². The van der Waals surface area contributed by atoms with Crippen molar-refractivity contribution in [3.05, 3.63) is 77.9 Å². The van der Waals surface area contributed by atoms with E-state index in [1.807, 2.05) is 0 Å². The first-order valence-corrected chi connectivity index (χ1v) is 6.70. The lowest BCUT2D eigenvalue weighted by Crippen LogP contribution is -1.97. The summed E-state index contributed by atoms with van der Waals surface area (Å²) in [7, 11) is 0. The predicted octanol–water partition coefficient (Wildman–Crippen LogP) is 4.70. The molecule has 3 aromatic rings. The van der Waals surface area contributed by atoms with E-state index in [0.717, 1.165) is 12.1 Å². The minimum absolute atomic E-state index is 0.281. The highest BCUT2D eigenvalue weighted by atomic mass is 19.1. The largest absolute Gasteiger partial charge is 0.265 e. The van der Waals surface area contributed by atoms with Crippen molar-refractivity contribution in [1.82, 2.24) is 4.98 Å². The lowest BCUT2D eigenvalue weighted by molar-refractivity contribution is 0.581. The number of nitrogens with zero attached hydrogens (tertiary/aromatic N) is 2. The maximum Gasteiger partial charge on any atom is 0.149 e. The predicted molar refractivity (Wildman–Crippen MR) is 79.7 cm³/mol. The maximum absolute atomic E-state index is 14.4. The first-order valence-electron chi connectivity index (χ1n) is 6.70. The SMILES string of the molecule is N#Cc1cc(-c2ccncc2)cc(-c2c(F)cccc2F)c1F. The third-order valence-corrected chi connectivity index (χ3v) is 3.44. The smallest absolute Gasteiger partial charge is 0.149 e. The summed E-state index contributed by atoms with van der Waals surface area (Å²) in [4.78, 5) is 3.88. The molecule has 0 N–H and O–H groups in total. The zero-order chi connectivity index (χ0) is 16.4. The molecule has 0 radical (unpaired) electrons. The van der Waals surface area contributed by atoms with Gasteiger partial charge in [0.25, 0.3) is 0 Å². The maximum atomic E-state index is 14.4. The summed E-state index contributed by atoms with van der Waals surface area (Å²) in [5.74, 6) is -2.73. The van der Waals surface area contributed by atoms with Crippen LogP contribution in [0.25, 0.3) is 22.3 Å². The van der Waals surface area contributed by atoms with Gasteiger partial charge in [0.05, 0.1) is 11.1 Å². The highest BCUT2D eigenvalue weighted by molar-refractivity contribution is 5.76. The Hall–Kier alpha value is -3.13. The van der Waals surface area contributed by atoms with Gasteiger partial charge in [0.2, 0.25) is 0 Å². The zero-order valence-electron chi connectivity index (χ0n) is 11.7. The molecule has 0 amide bonds. The van der Waals surface area contributed by atoms with E-state index in [-0.39, 0.29) is 11.1 Å². The Morgan fingerprint density at radius 1 is 0.870 bits per heavy atom. The van der Waals surface area contributed by atoms with Gasteiger partial charge in [-0.3, -0.25) is 4.98 Å². The number of hydrogen-bond donors (Lipinski definition) is 0. The van der Waals surface area contributed by atoms with Gasteiger partial charge < -0.3 is 0 Å². The second-order valence-electron chi connectivity index (χ2n) is 4.83. The molecule has 1 heterocycles. The number of halogens is 3. The topological polar surface area (TPSA) is 36.7 Å². The van der Waals surface area contributed by atoms with E-state index in [2.05, 4.69) is 4.98 Å². The van der Waals surface area contributed by atoms with Crippen molar-refractivity contribution in [2.45, 2.75) is 0 Å². The fraction of sp³-hybridized carbons (Fsp3) is 0. The van der Waals surface area contributed by atoms with E-state index in [0.29, 0.717) is 11.1 Å². The molecule has 0 atom stereocenters. The second kappa shape index (κ2) is 5.93. The highest BCUT2D eigenvalue weighted by Crippen LogP contribution is 2.33. The summed E-state index contributed by atoms with van der Waals surface area (Å²) < 4.78 is 42.4. The van der Waals surface area contributed by atoms with Gasteiger partial charge in [-0.2, -0.15) is 5.26 Å². The van der Waals surface area contributed by atoms with Crippen LogP contribution in [0.3, 0.4) is 0 Å². The average molecular weight is 310 g/mol. The Morgan fingerprint density at radius 3 is 2.13 bits per heavy atom. The Bertz CT molecular complexity index is 895. The minimum atomic E-state index is -0.950. The quantitative estimate of drug-likeness (QED) is 0.687. The van der Waals surface area contributed by atoms with E-state index in [9.17, 15) is 13.2 Å². The number of nitriles is 1. The van der Waals surface area contributed by atoms with Gasteiger partial charge in [-0.25, -0.2) is 13.2 Å². The van der Waals surface area contributed by atoms with Crippen molar-refractivity contribution in [3.8, 4) is 28.3 Å². The second-order valence-corrected chi connectivity index (χ2v) is 4.83. The molecule has 0 aliphatic carbocycles. The molecule has 0 bridgehead atoms. The molecule has 0 saturated heterocycles. The normalized spacial score (nSPS) is 10.3. The third-order valence-electron chi connectivity index (χ3n) is 3.44. The summed E-state index contributed by atoms with van der Waals surface area (Å²) >= 11 is 0. The Labute approximate surface area is 130 Å². The third kappa shape index (κ3) is 2.67. The van der Waals surface area contributed by atoms with Crippen LogP contribution >= 0.6 is 0 Å². The molecular weight excluding hydrogens is 301 g/mol. The number of hydrogen-bond acceptors (Lipinski definition) is 2. The Balaban J connectivity index is 2.32. The summed E-state index contributed by atoms with van der Waals surface area (Å²) in [5, 5.41) is 9.11. The molecule has 2 nitrogen and oxygen atoms in total. The van der Waals surface area contributed by atoms with E-state index >= 15 is 0 Å².